The summed E-state index contributed by atoms with van der Waals surface area (Å²) >= 11 is 0. The lowest BCUT2D eigenvalue weighted by Gasteiger charge is -2.36. The first-order valence-corrected chi connectivity index (χ1v) is 8.25. The van der Waals surface area contributed by atoms with E-state index in [9.17, 15) is 9.59 Å². The third-order valence-electron chi connectivity index (χ3n) is 7.37. The maximum Gasteiger partial charge on any atom is 0.316 e. The van der Waals surface area contributed by atoms with Gasteiger partial charge >= 0.3 is 11.9 Å². The summed E-state index contributed by atoms with van der Waals surface area (Å²) in [7, 11) is 7.30. The molecule has 0 aromatic heterocycles. The van der Waals surface area contributed by atoms with Crippen molar-refractivity contribution in [3.8, 4) is 0 Å². The van der Waals surface area contributed by atoms with Crippen molar-refractivity contribution in [3.05, 3.63) is 0 Å². The van der Waals surface area contributed by atoms with Crippen molar-refractivity contribution in [3.63, 3.8) is 0 Å². The molecule has 5 rings (SSSR count). The van der Waals surface area contributed by atoms with E-state index in [2.05, 4.69) is 0 Å². The Morgan fingerprint density at radius 1 is 1.04 bits per heavy atom. The topological polar surface area (TPSA) is 89.5 Å². The zero-order chi connectivity index (χ0) is 18.5. The third kappa shape index (κ3) is 1.22. The Morgan fingerprint density at radius 2 is 1.64 bits per heavy atom. The van der Waals surface area contributed by atoms with Crippen molar-refractivity contribution in [2.45, 2.75) is 30.8 Å². The molecule has 0 spiro atoms. The van der Waals surface area contributed by atoms with Crippen molar-refractivity contribution >= 4 is 11.9 Å². The first-order chi connectivity index (χ1) is 11.8. The van der Waals surface area contributed by atoms with Crippen LogP contribution in [0.4, 0.5) is 0 Å². The Bertz CT molecular complexity index is 659. The average Bonchev–Trinajstić information content (AvgIpc) is 3.23. The highest BCUT2D eigenvalue weighted by Crippen LogP contribution is 3.10. The lowest BCUT2D eigenvalue weighted by Crippen LogP contribution is -2.51. The van der Waals surface area contributed by atoms with Crippen molar-refractivity contribution < 1.29 is 38.0 Å². The quantitative estimate of drug-likeness (QED) is 0.448. The molecule has 6 atom stereocenters. The number of hydrogen-bond donors (Lipinski definition) is 0. The normalized spacial score (nSPS) is 47.6. The van der Waals surface area contributed by atoms with Crippen LogP contribution in [0.5, 0.6) is 0 Å². The minimum absolute atomic E-state index is 0.107. The molecule has 2 bridgehead atoms. The summed E-state index contributed by atoms with van der Waals surface area (Å²) in [5.41, 5.74) is -3.62. The summed E-state index contributed by atoms with van der Waals surface area (Å²) in [5.74, 6) is -1.95. The molecule has 5 fully saturated rings. The van der Waals surface area contributed by atoms with Gasteiger partial charge in [0.2, 0.25) is 0 Å². The van der Waals surface area contributed by atoms with Gasteiger partial charge in [-0.05, 0) is 6.92 Å². The number of carbonyl (C=O) groups is 2. The SMILES string of the molecule is COCC12C3C4OC1(CC(C)(OC)OC)C2(C(=O)OC)C43C(=O)OC. The Hall–Kier alpha value is -1.22. The number of rotatable bonds is 8. The van der Waals surface area contributed by atoms with E-state index in [0.29, 0.717) is 6.61 Å². The molecule has 8 nitrogen and oxygen atoms in total. The molecule has 3 aliphatic carbocycles. The molecule has 2 aliphatic heterocycles. The number of hydrogen-bond acceptors (Lipinski definition) is 8. The van der Waals surface area contributed by atoms with Crippen molar-refractivity contribution in [1.29, 1.82) is 0 Å². The molecule has 6 unspecified atom stereocenters. The van der Waals surface area contributed by atoms with E-state index in [1.165, 1.54) is 28.4 Å². The molecule has 0 aromatic rings. The Morgan fingerprint density at radius 3 is 2.12 bits per heavy atom. The molecule has 25 heavy (non-hydrogen) atoms. The molecule has 0 N–H and O–H groups in total. The van der Waals surface area contributed by atoms with Crippen LogP contribution < -0.4 is 0 Å². The molecule has 0 radical (unpaired) electrons. The summed E-state index contributed by atoms with van der Waals surface area (Å²) in [6.07, 6.45) is -0.0656. The molecule has 0 amide bonds. The number of esters is 2. The minimum atomic E-state index is -1.11. The molecule has 8 heteroatoms. The monoisotopic (exact) mass is 356 g/mol. The van der Waals surface area contributed by atoms with Crippen LogP contribution in [-0.4, -0.2) is 71.6 Å². The molecule has 2 saturated heterocycles. The second-order valence-corrected chi connectivity index (χ2v) is 7.57. The molecule has 140 valence electrons. The van der Waals surface area contributed by atoms with Gasteiger partial charge in [0.1, 0.15) is 16.4 Å². The highest BCUT2D eigenvalue weighted by molar-refractivity contribution is 6.05. The van der Waals surface area contributed by atoms with Gasteiger partial charge in [-0.3, -0.25) is 9.59 Å². The second kappa shape index (κ2) is 4.54. The van der Waals surface area contributed by atoms with E-state index in [1.807, 2.05) is 0 Å². The molecule has 0 aromatic carbocycles. The second-order valence-electron chi connectivity index (χ2n) is 7.57. The maximum absolute atomic E-state index is 13.0. The van der Waals surface area contributed by atoms with E-state index in [0.717, 1.165) is 0 Å². The maximum atomic E-state index is 13.0. The summed E-state index contributed by atoms with van der Waals surface area (Å²) < 4.78 is 32.9. The number of ether oxygens (including phenoxy) is 6. The van der Waals surface area contributed by atoms with Gasteiger partial charge in [0.25, 0.3) is 0 Å². The summed E-state index contributed by atoms with van der Waals surface area (Å²) in [6.45, 7) is 2.08. The lowest BCUT2D eigenvalue weighted by atomic mass is 9.64. The highest BCUT2D eigenvalue weighted by atomic mass is 16.7. The minimum Gasteiger partial charge on any atom is -0.468 e. The summed E-state index contributed by atoms with van der Waals surface area (Å²) in [4.78, 5) is 25.6. The van der Waals surface area contributed by atoms with Gasteiger partial charge in [-0.2, -0.15) is 0 Å². The average molecular weight is 356 g/mol. The lowest BCUT2D eigenvalue weighted by molar-refractivity contribution is -0.218. The number of methoxy groups -OCH3 is 5. The van der Waals surface area contributed by atoms with Crippen LogP contribution in [0.3, 0.4) is 0 Å². The fourth-order valence-electron chi connectivity index (χ4n) is 6.61. The first kappa shape index (κ1) is 17.2. The molecule has 3 saturated carbocycles. The molecule has 2 heterocycles. The zero-order valence-electron chi connectivity index (χ0n) is 15.3. The van der Waals surface area contributed by atoms with Crippen LogP contribution in [0, 0.1) is 22.2 Å². The largest absolute Gasteiger partial charge is 0.468 e. The highest BCUT2D eigenvalue weighted by Gasteiger charge is 3.24. The predicted octanol–water partition coefficient (Wildman–Crippen LogP) is 0.132. The molecule has 5 aliphatic rings. The van der Waals surface area contributed by atoms with E-state index in [-0.39, 0.29) is 18.4 Å². The summed E-state index contributed by atoms with van der Waals surface area (Å²) in [5, 5.41) is 0. The van der Waals surface area contributed by atoms with Gasteiger partial charge in [-0.1, -0.05) is 0 Å². The van der Waals surface area contributed by atoms with Gasteiger partial charge in [-0.25, -0.2) is 0 Å². The van der Waals surface area contributed by atoms with Crippen molar-refractivity contribution in [2.75, 3.05) is 42.2 Å². The standard InChI is InChI=1S/C17H24O8/c1-13(23-5,24-6)7-15-14(8-20-2)9-10(25-15)16(9,11(18)21-3)17(14,15)12(19)22-4/h9-10H,7-8H2,1-6H3. The Balaban J connectivity index is 1.84. The van der Waals surface area contributed by atoms with E-state index < -0.39 is 39.6 Å². The molecular formula is C17H24O8. The van der Waals surface area contributed by atoms with E-state index in [4.69, 9.17) is 28.4 Å². The smallest absolute Gasteiger partial charge is 0.316 e. The van der Waals surface area contributed by atoms with Gasteiger partial charge < -0.3 is 28.4 Å². The summed E-state index contributed by atoms with van der Waals surface area (Å²) in [6, 6.07) is 0. The fourth-order valence-corrected chi connectivity index (χ4v) is 6.61. The van der Waals surface area contributed by atoms with Crippen LogP contribution in [0.15, 0.2) is 0 Å². The van der Waals surface area contributed by atoms with Crippen LogP contribution in [-0.2, 0) is 38.0 Å². The van der Waals surface area contributed by atoms with Crippen LogP contribution in [0.1, 0.15) is 13.3 Å². The van der Waals surface area contributed by atoms with Crippen LogP contribution >= 0.6 is 0 Å². The van der Waals surface area contributed by atoms with Gasteiger partial charge in [0, 0.05) is 33.7 Å². The van der Waals surface area contributed by atoms with Crippen LogP contribution in [0.25, 0.3) is 0 Å². The zero-order valence-corrected chi connectivity index (χ0v) is 15.3. The van der Waals surface area contributed by atoms with Crippen molar-refractivity contribution in [1.82, 2.24) is 0 Å². The predicted molar refractivity (Wildman–Crippen MR) is 81.3 cm³/mol. The van der Waals surface area contributed by atoms with Crippen LogP contribution in [0.2, 0.25) is 0 Å². The Kier molecular flexibility index (Phi) is 3.13. The van der Waals surface area contributed by atoms with Crippen molar-refractivity contribution in [2.24, 2.45) is 22.2 Å². The van der Waals surface area contributed by atoms with Gasteiger partial charge in [0.15, 0.2) is 5.79 Å². The Labute approximate surface area is 146 Å². The van der Waals surface area contributed by atoms with Gasteiger partial charge in [-0.15, -0.1) is 0 Å². The van der Waals surface area contributed by atoms with E-state index in [1.54, 1.807) is 14.0 Å². The van der Waals surface area contributed by atoms with E-state index >= 15 is 0 Å². The number of carbonyl (C=O) groups excluding carboxylic acids is 2. The first-order valence-electron chi connectivity index (χ1n) is 8.25. The van der Waals surface area contributed by atoms with Gasteiger partial charge in [0.05, 0.1) is 32.3 Å². The molecular weight excluding hydrogens is 332 g/mol. The fraction of sp³-hybridized carbons (Fsp3) is 0.882. The third-order valence-corrected chi connectivity index (χ3v) is 7.37.